The van der Waals surface area contributed by atoms with Crippen molar-refractivity contribution in [3.05, 3.63) is 0 Å². The van der Waals surface area contributed by atoms with Gasteiger partial charge in [-0.2, -0.15) is 11.8 Å². The Hall–Kier alpha value is -0.220. The third kappa shape index (κ3) is 2.63. The zero-order valence-electron chi connectivity index (χ0n) is 11.0. The number of amides is 1. The van der Waals surface area contributed by atoms with Gasteiger partial charge in [-0.25, -0.2) is 0 Å². The molecule has 0 aliphatic carbocycles. The van der Waals surface area contributed by atoms with Gasteiger partial charge in [0.2, 0.25) is 5.91 Å². The van der Waals surface area contributed by atoms with Crippen molar-refractivity contribution < 1.29 is 4.79 Å². The van der Waals surface area contributed by atoms with Gasteiger partial charge >= 0.3 is 0 Å². The van der Waals surface area contributed by atoms with Gasteiger partial charge in [0.25, 0.3) is 0 Å². The lowest BCUT2D eigenvalue weighted by Gasteiger charge is -2.43. The number of carbonyl (C=O) groups excluding carboxylic acids is 1. The van der Waals surface area contributed by atoms with Gasteiger partial charge in [-0.15, -0.1) is 0 Å². The third-order valence-corrected chi connectivity index (χ3v) is 5.42. The fourth-order valence-corrected chi connectivity index (χ4v) is 3.95. The number of nitrogens with zero attached hydrogens (tertiary/aromatic N) is 1. The first-order chi connectivity index (χ1) is 8.19. The van der Waals surface area contributed by atoms with Gasteiger partial charge in [-0.1, -0.05) is 6.92 Å². The average Bonchev–Trinajstić information content (AvgIpc) is 2.39. The highest BCUT2D eigenvalue weighted by molar-refractivity contribution is 7.99. The maximum absolute atomic E-state index is 12.8. The van der Waals surface area contributed by atoms with Gasteiger partial charge in [-0.05, 0) is 32.7 Å². The molecule has 0 spiro atoms. The third-order valence-electron chi connectivity index (χ3n) is 4.23. The van der Waals surface area contributed by atoms with Crippen LogP contribution < -0.4 is 5.32 Å². The SMILES string of the molecule is CCC1(C(=O)N2CCSCC2C)CCCNC1. The molecule has 2 saturated heterocycles. The van der Waals surface area contributed by atoms with E-state index >= 15 is 0 Å². The van der Waals surface area contributed by atoms with E-state index in [9.17, 15) is 4.79 Å². The Balaban J connectivity index is 2.10. The number of rotatable bonds is 2. The topological polar surface area (TPSA) is 32.3 Å². The molecule has 2 heterocycles. The van der Waals surface area contributed by atoms with Gasteiger partial charge in [0.05, 0.1) is 5.41 Å². The van der Waals surface area contributed by atoms with Crippen LogP contribution in [0.15, 0.2) is 0 Å². The average molecular weight is 256 g/mol. The lowest BCUT2D eigenvalue weighted by Crippen LogP contribution is -2.55. The highest BCUT2D eigenvalue weighted by Gasteiger charge is 2.42. The van der Waals surface area contributed by atoms with E-state index < -0.39 is 0 Å². The van der Waals surface area contributed by atoms with E-state index in [0.29, 0.717) is 11.9 Å². The lowest BCUT2D eigenvalue weighted by molar-refractivity contribution is -0.145. The molecule has 2 atom stereocenters. The van der Waals surface area contributed by atoms with Crippen LogP contribution in [0.1, 0.15) is 33.1 Å². The van der Waals surface area contributed by atoms with E-state index in [-0.39, 0.29) is 5.41 Å². The van der Waals surface area contributed by atoms with E-state index in [1.807, 2.05) is 11.8 Å². The summed E-state index contributed by atoms with van der Waals surface area (Å²) in [6, 6.07) is 0.409. The quantitative estimate of drug-likeness (QED) is 0.816. The standard InChI is InChI=1S/C13H24N2OS/c1-3-13(5-4-6-14-10-13)12(16)15-7-8-17-9-11(15)2/h11,14H,3-10H2,1-2H3. The molecule has 2 aliphatic heterocycles. The van der Waals surface area contributed by atoms with Crippen molar-refractivity contribution in [3.63, 3.8) is 0 Å². The summed E-state index contributed by atoms with van der Waals surface area (Å²) in [5.41, 5.74) is -0.117. The van der Waals surface area contributed by atoms with Gasteiger partial charge in [0.15, 0.2) is 0 Å². The molecule has 2 aliphatic rings. The maximum Gasteiger partial charge on any atom is 0.230 e. The molecule has 2 rings (SSSR count). The van der Waals surface area contributed by atoms with E-state index in [1.165, 1.54) is 0 Å². The summed E-state index contributed by atoms with van der Waals surface area (Å²) in [5, 5.41) is 3.41. The molecule has 0 aromatic rings. The summed E-state index contributed by atoms with van der Waals surface area (Å²) < 4.78 is 0. The van der Waals surface area contributed by atoms with Crippen LogP contribution in [0.3, 0.4) is 0 Å². The monoisotopic (exact) mass is 256 g/mol. The number of thioether (sulfide) groups is 1. The summed E-state index contributed by atoms with van der Waals surface area (Å²) in [7, 11) is 0. The Labute approximate surface area is 109 Å². The largest absolute Gasteiger partial charge is 0.338 e. The highest BCUT2D eigenvalue weighted by Crippen LogP contribution is 2.34. The van der Waals surface area contributed by atoms with E-state index in [1.54, 1.807) is 0 Å². The Morgan fingerprint density at radius 3 is 3.00 bits per heavy atom. The van der Waals surface area contributed by atoms with Crippen molar-refractivity contribution in [3.8, 4) is 0 Å². The van der Waals surface area contributed by atoms with Gasteiger partial charge in [0.1, 0.15) is 0 Å². The van der Waals surface area contributed by atoms with Crippen LogP contribution in [0, 0.1) is 5.41 Å². The summed E-state index contributed by atoms with van der Waals surface area (Å²) in [6.45, 7) is 7.23. The smallest absolute Gasteiger partial charge is 0.230 e. The molecule has 4 heteroatoms. The second-order valence-corrected chi connectivity index (χ2v) is 6.49. The molecular weight excluding hydrogens is 232 g/mol. The zero-order valence-corrected chi connectivity index (χ0v) is 11.8. The van der Waals surface area contributed by atoms with Crippen molar-refractivity contribution in [2.75, 3.05) is 31.1 Å². The zero-order chi connectivity index (χ0) is 12.3. The first kappa shape index (κ1) is 13.2. The number of hydrogen-bond acceptors (Lipinski definition) is 3. The normalized spacial score (nSPS) is 34.7. The molecule has 3 nitrogen and oxygen atoms in total. The Bertz CT molecular complexity index is 277. The lowest BCUT2D eigenvalue weighted by atomic mass is 9.77. The second kappa shape index (κ2) is 5.61. The van der Waals surface area contributed by atoms with Crippen molar-refractivity contribution in [1.82, 2.24) is 10.2 Å². The molecule has 2 unspecified atom stereocenters. The minimum Gasteiger partial charge on any atom is -0.338 e. The molecule has 0 radical (unpaired) electrons. The molecule has 0 aromatic heterocycles. The number of carbonyl (C=O) groups is 1. The summed E-state index contributed by atoms with van der Waals surface area (Å²) >= 11 is 1.97. The van der Waals surface area contributed by atoms with Gasteiger partial charge in [-0.3, -0.25) is 4.79 Å². The van der Waals surface area contributed by atoms with Crippen LogP contribution in [0.4, 0.5) is 0 Å². The van der Waals surface area contributed by atoms with Crippen LogP contribution in [0.5, 0.6) is 0 Å². The maximum atomic E-state index is 12.8. The van der Waals surface area contributed by atoms with Crippen molar-refractivity contribution >= 4 is 17.7 Å². The number of piperidine rings is 1. The number of hydrogen-bond donors (Lipinski definition) is 1. The molecule has 98 valence electrons. The molecule has 17 heavy (non-hydrogen) atoms. The van der Waals surface area contributed by atoms with E-state index in [0.717, 1.165) is 50.4 Å². The second-order valence-electron chi connectivity index (χ2n) is 5.34. The van der Waals surface area contributed by atoms with Crippen molar-refractivity contribution in [1.29, 1.82) is 0 Å². The van der Waals surface area contributed by atoms with E-state index in [2.05, 4.69) is 24.1 Å². The molecule has 0 saturated carbocycles. The summed E-state index contributed by atoms with van der Waals surface area (Å²) in [4.78, 5) is 14.9. The first-order valence-electron chi connectivity index (χ1n) is 6.79. The molecule has 0 aromatic carbocycles. The minimum absolute atomic E-state index is 0.117. The molecule has 1 amide bonds. The fourth-order valence-electron chi connectivity index (χ4n) is 2.94. The van der Waals surface area contributed by atoms with E-state index in [4.69, 9.17) is 0 Å². The Kier molecular flexibility index (Phi) is 4.36. The molecule has 0 bridgehead atoms. The first-order valence-corrected chi connectivity index (χ1v) is 7.94. The predicted molar refractivity (Wildman–Crippen MR) is 73.3 cm³/mol. The van der Waals surface area contributed by atoms with Gasteiger partial charge < -0.3 is 10.2 Å². The molecule has 2 fully saturated rings. The van der Waals surface area contributed by atoms with Crippen LogP contribution in [-0.2, 0) is 4.79 Å². The Morgan fingerprint density at radius 1 is 1.59 bits per heavy atom. The fraction of sp³-hybridized carbons (Fsp3) is 0.923. The summed E-state index contributed by atoms with van der Waals surface area (Å²) in [5.74, 6) is 2.60. The van der Waals surface area contributed by atoms with Crippen LogP contribution in [0.25, 0.3) is 0 Å². The van der Waals surface area contributed by atoms with Crippen LogP contribution in [0.2, 0.25) is 0 Å². The predicted octanol–water partition coefficient (Wildman–Crippen LogP) is 1.73. The number of nitrogens with one attached hydrogen (secondary N) is 1. The van der Waals surface area contributed by atoms with Gasteiger partial charge in [0, 0.05) is 30.6 Å². The van der Waals surface area contributed by atoms with Crippen LogP contribution in [-0.4, -0.2) is 48.0 Å². The summed E-state index contributed by atoms with van der Waals surface area (Å²) in [6.07, 6.45) is 3.16. The van der Waals surface area contributed by atoms with Crippen molar-refractivity contribution in [2.45, 2.75) is 39.2 Å². The minimum atomic E-state index is -0.117. The Morgan fingerprint density at radius 2 is 2.41 bits per heavy atom. The molecular formula is C13H24N2OS. The molecule has 1 N–H and O–H groups in total. The van der Waals surface area contributed by atoms with Crippen LogP contribution >= 0.6 is 11.8 Å². The highest BCUT2D eigenvalue weighted by atomic mass is 32.2. The van der Waals surface area contributed by atoms with Crippen molar-refractivity contribution in [2.24, 2.45) is 5.41 Å².